The maximum atomic E-state index is 12.2. The Morgan fingerprint density at radius 2 is 1.81 bits per heavy atom. The van der Waals surface area contributed by atoms with Crippen molar-refractivity contribution in [3.05, 3.63) is 82.7 Å². The van der Waals surface area contributed by atoms with Crippen molar-refractivity contribution in [3.63, 3.8) is 0 Å². The normalized spacial score (nSPS) is 11.1. The minimum atomic E-state index is -3.59. The molecule has 5 nitrogen and oxygen atoms in total. The van der Waals surface area contributed by atoms with E-state index in [1.54, 1.807) is 41.8 Å². The minimum absolute atomic E-state index is 0.209. The van der Waals surface area contributed by atoms with Gasteiger partial charge >= 0.3 is 0 Å². The predicted octanol–water partition coefficient (Wildman–Crippen LogP) is 3.79. The van der Waals surface area contributed by atoms with Gasteiger partial charge in [-0.15, -0.1) is 11.3 Å². The quantitative estimate of drug-likeness (QED) is 0.677. The van der Waals surface area contributed by atoms with Crippen LogP contribution < -0.4 is 10.0 Å². The number of amides is 1. The summed E-state index contributed by atoms with van der Waals surface area (Å²) in [5.41, 5.74) is 3.04. The van der Waals surface area contributed by atoms with E-state index >= 15 is 0 Å². The molecule has 0 radical (unpaired) electrons. The summed E-state index contributed by atoms with van der Waals surface area (Å²) in [6.07, 6.45) is 0. The molecule has 3 aromatic rings. The number of nitrogens with one attached hydrogen (secondary N) is 2. The number of benzene rings is 2. The van der Waals surface area contributed by atoms with Gasteiger partial charge in [-0.25, -0.2) is 8.42 Å². The van der Waals surface area contributed by atoms with Crippen LogP contribution in [0.4, 0.5) is 5.69 Å². The zero-order valence-corrected chi connectivity index (χ0v) is 15.7. The van der Waals surface area contributed by atoms with E-state index in [4.69, 9.17) is 0 Å². The fraction of sp³-hybridized carbons (Fsp3) is 0.105. The Bertz CT molecular complexity index is 996. The first kappa shape index (κ1) is 18.2. The molecule has 0 saturated heterocycles. The van der Waals surface area contributed by atoms with Gasteiger partial charge in [0.15, 0.2) is 0 Å². The molecular weight excluding hydrogens is 368 g/mol. The van der Waals surface area contributed by atoms with Crippen molar-refractivity contribution in [2.45, 2.75) is 17.7 Å². The number of aryl methyl sites for hydroxylation is 1. The molecule has 7 heteroatoms. The highest BCUT2D eigenvalue weighted by Crippen LogP contribution is 2.20. The lowest BCUT2D eigenvalue weighted by Gasteiger charge is -2.08. The fourth-order valence-electron chi connectivity index (χ4n) is 2.42. The summed E-state index contributed by atoms with van der Waals surface area (Å²) in [7, 11) is -3.59. The molecule has 0 bridgehead atoms. The molecule has 0 saturated carbocycles. The topological polar surface area (TPSA) is 75.3 Å². The number of hydrogen-bond donors (Lipinski definition) is 2. The highest BCUT2D eigenvalue weighted by Gasteiger charge is 2.15. The summed E-state index contributed by atoms with van der Waals surface area (Å²) >= 11 is 1.15. The number of sulfonamides is 1. The molecule has 0 aliphatic rings. The highest BCUT2D eigenvalue weighted by atomic mass is 32.2. The second-order valence-corrected chi connectivity index (χ2v) is 8.64. The average molecular weight is 386 g/mol. The van der Waals surface area contributed by atoms with Crippen LogP contribution in [0.5, 0.6) is 0 Å². The molecule has 0 spiro atoms. The SMILES string of the molecule is Cc1cccc(CNC(=O)c2ccc(NS(=O)(=O)c3cccs3)cc2)c1. The Balaban J connectivity index is 1.63. The third-order valence-electron chi connectivity index (χ3n) is 3.69. The zero-order chi connectivity index (χ0) is 18.6. The first-order chi connectivity index (χ1) is 12.4. The van der Waals surface area contributed by atoms with Gasteiger partial charge in [0.25, 0.3) is 15.9 Å². The smallest absolute Gasteiger partial charge is 0.271 e. The number of anilines is 1. The summed E-state index contributed by atoms with van der Waals surface area (Å²) in [5, 5.41) is 4.56. The van der Waals surface area contributed by atoms with Gasteiger partial charge in [0.05, 0.1) is 0 Å². The van der Waals surface area contributed by atoms with Crippen molar-refractivity contribution in [2.24, 2.45) is 0 Å². The molecule has 134 valence electrons. The van der Waals surface area contributed by atoms with E-state index in [0.29, 0.717) is 17.8 Å². The predicted molar refractivity (Wildman–Crippen MR) is 104 cm³/mol. The van der Waals surface area contributed by atoms with Crippen molar-refractivity contribution in [1.29, 1.82) is 0 Å². The average Bonchev–Trinajstić information content (AvgIpc) is 3.16. The van der Waals surface area contributed by atoms with Gasteiger partial charge in [-0.2, -0.15) is 0 Å². The van der Waals surface area contributed by atoms with Gasteiger partial charge in [0.1, 0.15) is 4.21 Å². The summed E-state index contributed by atoms with van der Waals surface area (Å²) in [6, 6.07) is 17.5. The zero-order valence-electron chi connectivity index (χ0n) is 14.1. The molecular formula is C19H18N2O3S2. The third kappa shape index (κ3) is 4.50. The molecule has 0 unspecified atom stereocenters. The number of thiophene rings is 1. The lowest BCUT2D eigenvalue weighted by molar-refractivity contribution is 0.0951. The largest absolute Gasteiger partial charge is 0.348 e. The summed E-state index contributed by atoms with van der Waals surface area (Å²) < 4.78 is 27.1. The lowest BCUT2D eigenvalue weighted by atomic mass is 10.1. The van der Waals surface area contributed by atoms with E-state index in [1.807, 2.05) is 31.2 Å². The van der Waals surface area contributed by atoms with Gasteiger partial charge in [0, 0.05) is 17.8 Å². The van der Waals surface area contributed by atoms with Gasteiger partial charge in [-0.05, 0) is 48.2 Å². The molecule has 0 aliphatic heterocycles. The van der Waals surface area contributed by atoms with Crippen LogP contribution in [0.25, 0.3) is 0 Å². The van der Waals surface area contributed by atoms with Crippen molar-refractivity contribution < 1.29 is 13.2 Å². The molecule has 2 aromatic carbocycles. The molecule has 3 rings (SSSR count). The van der Waals surface area contributed by atoms with Gasteiger partial charge in [0.2, 0.25) is 0 Å². The van der Waals surface area contributed by atoms with E-state index in [-0.39, 0.29) is 10.1 Å². The van der Waals surface area contributed by atoms with Crippen LogP contribution >= 0.6 is 11.3 Å². The van der Waals surface area contributed by atoms with Gasteiger partial charge in [-0.3, -0.25) is 9.52 Å². The van der Waals surface area contributed by atoms with E-state index in [0.717, 1.165) is 22.5 Å². The van der Waals surface area contributed by atoms with Crippen LogP contribution in [0.3, 0.4) is 0 Å². The minimum Gasteiger partial charge on any atom is -0.348 e. The standard InChI is InChI=1S/C19H18N2O3S2/c1-14-4-2-5-15(12-14)13-20-19(22)16-7-9-17(10-8-16)21-26(23,24)18-6-3-11-25-18/h2-12,21H,13H2,1H3,(H,20,22). The Morgan fingerprint density at radius 3 is 2.46 bits per heavy atom. The molecule has 1 heterocycles. The van der Waals surface area contributed by atoms with Crippen LogP contribution in [0.1, 0.15) is 21.5 Å². The molecule has 1 amide bonds. The van der Waals surface area contributed by atoms with Crippen molar-refractivity contribution in [1.82, 2.24) is 5.32 Å². The van der Waals surface area contributed by atoms with Crippen LogP contribution in [0, 0.1) is 6.92 Å². The van der Waals surface area contributed by atoms with E-state index in [1.165, 1.54) is 0 Å². The van der Waals surface area contributed by atoms with Gasteiger partial charge < -0.3 is 5.32 Å². The van der Waals surface area contributed by atoms with Crippen LogP contribution in [-0.4, -0.2) is 14.3 Å². The molecule has 1 aromatic heterocycles. The number of carbonyl (C=O) groups excluding carboxylic acids is 1. The Morgan fingerprint density at radius 1 is 1.04 bits per heavy atom. The monoisotopic (exact) mass is 386 g/mol. The van der Waals surface area contributed by atoms with E-state index < -0.39 is 10.0 Å². The maximum absolute atomic E-state index is 12.2. The molecule has 0 aliphatic carbocycles. The Kier molecular flexibility index (Phi) is 5.39. The van der Waals surface area contributed by atoms with E-state index in [9.17, 15) is 13.2 Å². The summed E-state index contributed by atoms with van der Waals surface area (Å²) in [6.45, 7) is 2.44. The second kappa shape index (κ2) is 7.72. The second-order valence-electron chi connectivity index (χ2n) is 5.79. The third-order valence-corrected chi connectivity index (χ3v) is 6.47. The highest BCUT2D eigenvalue weighted by molar-refractivity contribution is 7.94. The molecule has 2 N–H and O–H groups in total. The van der Waals surface area contributed by atoms with Crippen molar-refractivity contribution in [3.8, 4) is 0 Å². The first-order valence-corrected chi connectivity index (χ1v) is 10.3. The number of rotatable bonds is 6. The molecule has 26 heavy (non-hydrogen) atoms. The fourth-order valence-corrected chi connectivity index (χ4v) is 4.47. The summed E-state index contributed by atoms with van der Waals surface area (Å²) in [5.74, 6) is -0.209. The van der Waals surface area contributed by atoms with Crippen molar-refractivity contribution >= 4 is 33.0 Å². The summed E-state index contributed by atoms with van der Waals surface area (Å²) in [4.78, 5) is 12.2. The molecule has 0 atom stereocenters. The van der Waals surface area contributed by atoms with E-state index in [2.05, 4.69) is 10.0 Å². The Labute approximate surface area is 156 Å². The lowest BCUT2D eigenvalue weighted by Crippen LogP contribution is -2.22. The van der Waals surface area contributed by atoms with Gasteiger partial charge in [-0.1, -0.05) is 35.9 Å². The number of carbonyl (C=O) groups is 1. The molecule has 0 fully saturated rings. The van der Waals surface area contributed by atoms with Crippen LogP contribution in [0.2, 0.25) is 0 Å². The van der Waals surface area contributed by atoms with Crippen molar-refractivity contribution in [2.75, 3.05) is 4.72 Å². The Hall–Kier alpha value is -2.64. The number of hydrogen-bond acceptors (Lipinski definition) is 4. The first-order valence-electron chi connectivity index (χ1n) is 7.94. The van der Waals surface area contributed by atoms with Crippen LogP contribution in [-0.2, 0) is 16.6 Å². The van der Waals surface area contributed by atoms with Crippen LogP contribution in [0.15, 0.2) is 70.3 Å². The maximum Gasteiger partial charge on any atom is 0.271 e.